The van der Waals surface area contributed by atoms with E-state index >= 15 is 0 Å². The van der Waals surface area contributed by atoms with Gasteiger partial charge in [0, 0.05) is 12.8 Å². The number of amides is 1. The topological polar surface area (TPSA) is 111 Å². The maximum absolute atomic E-state index is 13.5. The van der Waals surface area contributed by atoms with Crippen LogP contribution in [0.2, 0.25) is 0 Å². The predicted octanol–water partition coefficient (Wildman–Crippen LogP) is 16.9. The third kappa shape index (κ3) is 50.2. The first-order valence-corrected chi connectivity index (χ1v) is 29.8. The van der Waals surface area contributed by atoms with Gasteiger partial charge in [0.05, 0.1) is 33.8 Å². The van der Waals surface area contributed by atoms with Crippen molar-refractivity contribution in [2.24, 2.45) is 0 Å². The van der Waals surface area contributed by atoms with Crippen LogP contribution in [0.1, 0.15) is 239 Å². The first kappa shape index (κ1) is 66.5. The zero-order chi connectivity index (χ0) is 50.8. The van der Waals surface area contributed by atoms with Crippen molar-refractivity contribution in [2.45, 2.75) is 251 Å². The number of rotatable bonds is 50. The molecule has 0 aromatic heterocycles. The van der Waals surface area contributed by atoms with Gasteiger partial charge in [-0.3, -0.25) is 18.6 Å². The number of quaternary nitrogens is 1. The van der Waals surface area contributed by atoms with E-state index in [-0.39, 0.29) is 31.5 Å². The largest absolute Gasteiger partial charge is 0.472 e. The Morgan fingerprint density at radius 2 is 0.986 bits per heavy atom. The van der Waals surface area contributed by atoms with Crippen LogP contribution in [0, 0.1) is 0 Å². The van der Waals surface area contributed by atoms with E-state index in [1.165, 1.54) is 109 Å². The molecular weight excluding hydrogens is 880 g/mol. The second kappa shape index (κ2) is 49.0. The van der Waals surface area contributed by atoms with E-state index in [0.29, 0.717) is 17.4 Å². The number of hydrogen-bond acceptors (Lipinski definition) is 6. The van der Waals surface area contributed by atoms with Crippen LogP contribution in [0.3, 0.4) is 0 Å². The van der Waals surface area contributed by atoms with Crippen LogP contribution in [0.15, 0.2) is 72.9 Å². The Labute approximate surface area is 425 Å². The van der Waals surface area contributed by atoms with E-state index in [1.54, 1.807) is 0 Å². The Morgan fingerprint density at radius 1 is 0.536 bits per heavy atom. The fraction of sp³-hybridized carbons (Fsp3) is 0.763. The summed E-state index contributed by atoms with van der Waals surface area (Å²) in [6.07, 6.45) is 61.8. The molecule has 2 N–H and O–H groups in total. The molecule has 3 unspecified atom stereocenters. The Morgan fingerprint density at radius 3 is 1.52 bits per heavy atom. The summed E-state index contributed by atoms with van der Waals surface area (Å²) >= 11 is 0. The molecule has 0 radical (unpaired) electrons. The molecule has 0 aliphatic rings. The molecule has 0 saturated heterocycles. The molecule has 1 amide bonds. The van der Waals surface area contributed by atoms with Crippen LogP contribution in [-0.2, 0) is 27.9 Å². The molecule has 0 bridgehead atoms. The quantitative estimate of drug-likeness (QED) is 0.0156. The SMILES string of the molecule is CC/C=C/C=C/C=C/CCCCCCCCCC(=O)NC(COP(=O)(O)OCC[N+](C)(C)C)C(/C=C/CCCCCCCCCCC)OC(=O)CCCCCCCCC/C=C\C/C=C\CCCCC. The number of ether oxygens (including phenoxy) is 1. The molecule has 0 rings (SSSR count). The number of nitrogens with one attached hydrogen (secondary N) is 1. The fourth-order valence-electron chi connectivity index (χ4n) is 7.79. The van der Waals surface area contributed by atoms with Gasteiger partial charge in [-0.2, -0.15) is 0 Å². The molecule has 9 nitrogen and oxygen atoms in total. The molecule has 0 saturated carbocycles. The summed E-state index contributed by atoms with van der Waals surface area (Å²) < 4.78 is 30.6. The minimum atomic E-state index is -4.45. The number of phosphoric acid groups is 1. The molecule has 0 aromatic rings. The lowest BCUT2D eigenvalue weighted by Crippen LogP contribution is -2.47. The number of allylic oxidation sites excluding steroid dienone is 11. The molecule has 0 aliphatic carbocycles. The van der Waals surface area contributed by atoms with E-state index in [0.717, 1.165) is 96.3 Å². The van der Waals surface area contributed by atoms with Crippen molar-refractivity contribution in [3.63, 3.8) is 0 Å². The zero-order valence-electron chi connectivity index (χ0n) is 45.5. The summed E-state index contributed by atoms with van der Waals surface area (Å²) in [7, 11) is 1.47. The average molecular weight is 988 g/mol. The van der Waals surface area contributed by atoms with Gasteiger partial charge in [0.1, 0.15) is 19.3 Å². The summed E-state index contributed by atoms with van der Waals surface area (Å²) in [5, 5.41) is 3.04. The summed E-state index contributed by atoms with van der Waals surface area (Å²) in [6.45, 7) is 6.83. The van der Waals surface area contributed by atoms with E-state index in [1.807, 2.05) is 33.3 Å². The second-order valence-corrected chi connectivity index (χ2v) is 21.6. The van der Waals surface area contributed by atoms with E-state index in [9.17, 15) is 19.0 Å². The lowest BCUT2D eigenvalue weighted by atomic mass is 10.1. The summed E-state index contributed by atoms with van der Waals surface area (Å²) in [4.78, 5) is 37.5. The minimum Gasteiger partial charge on any atom is -0.456 e. The molecule has 69 heavy (non-hydrogen) atoms. The third-order valence-corrected chi connectivity index (χ3v) is 13.2. The van der Waals surface area contributed by atoms with Crippen molar-refractivity contribution >= 4 is 19.7 Å². The van der Waals surface area contributed by atoms with Gasteiger partial charge in [0.15, 0.2) is 0 Å². The van der Waals surface area contributed by atoms with Gasteiger partial charge in [-0.1, -0.05) is 216 Å². The highest BCUT2D eigenvalue weighted by Gasteiger charge is 2.30. The van der Waals surface area contributed by atoms with Gasteiger partial charge in [0.25, 0.3) is 0 Å². The van der Waals surface area contributed by atoms with Gasteiger partial charge in [-0.15, -0.1) is 0 Å². The number of hydrogen-bond donors (Lipinski definition) is 2. The number of carbonyl (C=O) groups is 2. The number of esters is 1. The summed E-state index contributed by atoms with van der Waals surface area (Å²) in [5.74, 6) is -0.531. The lowest BCUT2D eigenvalue weighted by molar-refractivity contribution is -0.870. The Hall–Kier alpha value is -2.55. The normalized spacial score (nSPS) is 14.4. The van der Waals surface area contributed by atoms with Crippen molar-refractivity contribution in [3.05, 3.63) is 72.9 Å². The second-order valence-electron chi connectivity index (χ2n) is 20.1. The van der Waals surface area contributed by atoms with Crippen LogP contribution in [0.4, 0.5) is 0 Å². The maximum Gasteiger partial charge on any atom is 0.472 e. The molecule has 10 heteroatoms. The van der Waals surface area contributed by atoms with Gasteiger partial charge in [-0.25, -0.2) is 4.57 Å². The smallest absolute Gasteiger partial charge is 0.456 e. The fourth-order valence-corrected chi connectivity index (χ4v) is 8.53. The first-order valence-electron chi connectivity index (χ1n) is 28.3. The van der Waals surface area contributed by atoms with Gasteiger partial charge < -0.3 is 19.4 Å². The molecular formula is C59H108N2O7P+. The summed E-state index contributed by atoms with van der Waals surface area (Å²) in [6, 6.07) is -0.859. The third-order valence-electron chi connectivity index (χ3n) is 12.2. The van der Waals surface area contributed by atoms with Crippen LogP contribution in [0.5, 0.6) is 0 Å². The number of likely N-dealkylation sites (N-methyl/N-ethyl adjacent to an activating group) is 1. The van der Waals surface area contributed by atoms with Crippen molar-refractivity contribution in [2.75, 3.05) is 40.9 Å². The zero-order valence-corrected chi connectivity index (χ0v) is 46.4. The molecule has 0 aromatic carbocycles. The Kier molecular flexibility index (Phi) is 47.2. The van der Waals surface area contributed by atoms with Gasteiger partial charge in [0.2, 0.25) is 5.91 Å². The lowest BCUT2D eigenvalue weighted by Gasteiger charge is -2.27. The van der Waals surface area contributed by atoms with Crippen LogP contribution in [0.25, 0.3) is 0 Å². The highest BCUT2D eigenvalue weighted by Crippen LogP contribution is 2.43. The van der Waals surface area contributed by atoms with Crippen molar-refractivity contribution < 1.29 is 37.3 Å². The molecule has 0 spiro atoms. The number of unbranched alkanes of at least 4 members (excludes halogenated alkanes) is 26. The van der Waals surface area contributed by atoms with E-state index in [2.05, 4.69) is 86.8 Å². The summed E-state index contributed by atoms with van der Waals surface area (Å²) in [5.41, 5.74) is 0. The number of nitrogens with zero attached hydrogens (tertiary/aromatic N) is 1. The van der Waals surface area contributed by atoms with Crippen molar-refractivity contribution in [1.29, 1.82) is 0 Å². The standard InChI is InChI=1S/C59H107N2O7P/c1-7-10-13-16-19-22-25-27-29-30-32-34-37-40-43-46-49-52-59(63)68-57(50-47-44-41-38-35-24-21-18-15-12-9-3)56(55-67-69(64,65)66-54-53-61(4,5)6)60-58(62)51-48-45-42-39-36-33-31-28-26-23-20-17-14-11-8-2/h11,14,17,19-20,22-23,26-27,29,47,50,56-57H,7-10,12-13,15-16,18,21,24-25,28,30-46,48-49,51-55H2,1-6H3,(H-,60,62,64,65)/p+1/b14-11+,20-17+,22-19-,26-23+,29-27-,50-47+. The predicted molar refractivity (Wildman–Crippen MR) is 295 cm³/mol. The van der Waals surface area contributed by atoms with Gasteiger partial charge >= 0.3 is 13.8 Å². The van der Waals surface area contributed by atoms with E-state index < -0.39 is 20.0 Å². The highest BCUT2D eigenvalue weighted by molar-refractivity contribution is 7.47. The van der Waals surface area contributed by atoms with Crippen LogP contribution < -0.4 is 5.32 Å². The van der Waals surface area contributed by atoms with Crippen molar-refractivity contribution in [1.82, 2.24) is 5.32 Å². The highest BCUT2D eigenvalue weighted by atomic mass is 31.2. The van der Waals surface area contributed by atoms with Crippen molar-refractivity contribution in [3.8, 4) is 0 Å². The molecule has 400 valence electrons. The Balaban J connectivity index is 5.35. The van der Waals surface area contributed by atoms with E-state index in [4.69, 9.17) is 13.8 Å². The molecule has 3 atom stereocenters. The molecule has 0 fully saturated rings. The molecule has 0 heterocycles. The average Bonchev–Trinajstić information content (AvgIpc) is 3.31. The number of phosphoric ester groups is 1. The van der Waals surface area contributed by atoms with Crippen LogP contribution in [-0.4, -0.2) is 74.3 Å². The first-order chi connectivity index (χ1) is 33.4. The minimum absolute atomic E-state index is 0.0336. The number of carbonyl (C=O) groups excluding carboxylic acids is 2. The maximum atomic E-state index is 13.5. The Bertz CT molecular complexity index is 1420. The van der Waals surface area contributed by atoms with Crippen LogP contribution >= 0.6 is 7.82 Å². The molecule has 0 aliphatic heterocycles. The van der Waals surface area contributed by atoms with Gasteiger partial charge in [-0.05, 0) is 83.1 Å². The monoisotopic (exact) mass is 988 g/mol.